The molecule has 0 unspecified atom stereocenters. The second-order valence-electron chi connectivity index (χ2n) is 18.5. The molecule has 0 amide bonds. The summed E-state index contributed by atoms with van der Waals surface area (Å²) < 4.78 is 4.75. The standard InChI is InChI=1S/C67H45N3/c1-4-19-50(20-5-1)67(51-21-6-2-7-22-51)60-28-14-12-26-57(60)58-41-40-55(45-61(58)67)69(62-30-16-18-48-17-10-11-25-56(48)62)54-38-33-47(34-39-54)46-31-36-52(37-32-46)68-44-43-49-35-42-64-65(66(49)68)59-27-13-15-29-63(59)70(64)53-23-8-3-9-24-53/h1-45H. The van der Waals surface area contributed by atoms with Gasteiger partial charge in [0.05, 0.1) is 27.7 Å². The molecule has 0 aliphatic heterocycles. The van der Waals surface area contributed by atoms with Gasteiger partial charge in [0.15, 0.2) is 0 Å². The number of anilines is 3. The van der Waals surface area contributed by atoms with E-state index in [-0.39, 0.29) is 0 Å². The first-order chi connectivity index (χ1) is 34.7. The van der Waals surface area contributed by atoms with Gasteiger partial charge in [0.1, 0.15) is 0 Å². The fourth-order valence-corrected chi connectivity index (χ4v) is 11.8. The van der Waals surface area contributed by atoms with Gasteiger partial charge >= 0.3 is 0 Å². The molecule has 3 heteroatoms. The van der Waals surface area contributed by atoms with Crippen molar-refractivity contribution in [3.8, 4) is 33.6 Å². The summed E-state index contributed by atoms with van der Waals surface area (Å²) in [6.07, 6.45) is 2.21. The average molecular weight is 892 g/mol. The zero-order valence-corrected chi connectivity index (χ0v) is 38.3. The van der Waals surface area contributed by atoms with Crippen LogP contribution in [0.1, 0.15) is 22.3 Å². The minimum atomic E-state index is -0.509. The van der Waals surface area contributed by atoms with Gasteiger partial charge in [-0.25, -0.2) is 0 Å². The fourth-order valence-electron chi connectivity index (χ4n) is 11.8. The second-order valence-corrected chi connectivity index (χ2v) is 18.5. The van der Waals surface area contributed by atoms with E-state index in [1.54, 1.807) is 0 Å². The summed E-state index contributed by atoms with van der Waals surface area (Å²) >= 11 is 0. The van der Waals surface area contributed by atoms with Crippen LogP contribution in [0.15, 0.2) is 273 Å². The molecule has 0 bridgehead atoms. The normalized spacial score (nSPS) is 12.7. The Morgan fingerprint density at radius 1 is 0.357 bits per heavy atom. The van der Waals surface area contributed by atoms with E-state index in [0.29, 0.717) is 0 Å². The number of fused-ring (bicyclic) bond motifs is 9. The van der Waals surface area contributed by atoms with Crippen LogP contribution in [0.2, 0.25) is 0 Å². The van der Waals surface area contributed by atoms with Crippen molar-refractivity contribution in [2.45, 2.75) is 5.41 Å². The van der Waals surface area contributed by atoms with Gasteiger partial charge < -0.3 is 14.0 Å². The van der Waals surface area contributed by atoms with Gasteiger partial charge in [-0.05, 0) is 123 Å². The number of aromatic nitrogens is 2. The number of para-hydroxylation sites is 2. The van der Waals surface area contributed by atoms with Gasteiger partial charge in [-0.2, -0.15) is 0 Å². The van der Waals surface area contributed by atoms with E-state index in [1.165, 1.54) is 82.4 Å². The van der Waals surface area contributed by atoms with Gasteiger partial charge in [-0.1, -0.05) is 194 Å². The molecule has 14 rings (SSSR count). The SMILES string of the molecule is c1ccc(-n2c3ccccc3c3c4c(ccc32)ccn4-c2ccc(-c3ccc(N(c4ccc5c(c4)C(c4ccccc4)(c4ccccc4)c4ccccc4-5)c4cccc5ccccc45)cc3)cc2)cc1. The van der Waals surface area contributed by atoms with Crippen molar-refractivity contribution < 1.29 is 0 Å². The lowest BCUT2D eigenvalue weighted by molar-refractivity contribution is 0.768. The Balaban J connectivity index is 0.882. The van der Waals surface area contributed by atoms with E-state index in [4.69, 9.17) is 0 Å². The predicted octanol–water partition coefficient (Wildman–Crippen LogP) is 17.4. The van der Waals surface area contributed by atoms with Gasteiger partial charge in [-0.15, -0.1) is 0 Å². The van der Waals surface area contributed by atoms with Gasteiger partial charge in [0, 0.05) is 50.5 Å². The van der Waals surface area contributed by atoms with E-state index in [9.17, 15) is 0 Å². The number of hydrogen-bond acceptors (Lipinski definition) is 1. The maximum absolute atomic E-state index is 2.46. The quantitative estimate of drug-likeness (QED) is 0.148. The van der Waals surface area contributed by atoms with Crippen molar-refractivity contribution in [3.05, 3.63) is 295 Å². The van der Waals surface area contributed by atoms with Crippen molar-refractivity contribution in [1.82, 2.24) is 9.13 Å². The zero-order chi connectivity index (χ0) is 46.2. The van der Waals surface area contributed by atoms with Crippen molar-refractivity contribution in [1.29, 1.82) is 0 Å². The molecule has 0 radical (unpaired) electrons. The Morgan fingerprint density at radius 2 is 0.957 bits per heavy atom. The third kappa shape index (κ3) is 6.01. The van der Waals surface area contributed by atoms with Crippen molar-refractivity contribution in [2.24, 2.45) is 0 Å². The molecular formula is C67H45N3. The summed E-state index contributed by atoms with van der Waals surface area (Å²) in [5, 5.41) is 6.13. The molecule has 1 aliphatic carbocycles. The monoisotopic (exact) mass is 891 g/mol. The molecule has 1 aliphatic rings. The highest BCUT2D eigenvalue weighted by Crippen LogP contribution is 2.57. The lowest BCUT2D eigenvalue weighted by atomic mass is 9.67. The summed E-state index contributed by atoms with van der Waals surface area (Å²) in [6.45, 7) is 0. The largest absolute Gasteiger partial charge is 0.316 e. The number of rotatable bonds is 8. The molecular weight excluding hydrogens is 847 g/mol. The molecule has 0 saturated heterocycles. The summed E-state index contributed by atoms with van der Waals surface area (Å²) in [6, 6.07) is 98.0. The maximum atomic E-state index is 2.46. The number of hydrogen-bond donors (Lipinski definition) is 0. The summed E-state index contributed by atoms with van der Waals surface area (Å²) in [4.78, 5) is 2.45. The van der Waals surface area contributed by atoms with E-state index in [1.807, 2.05) is 0 Å². The van der Waals surface area contributed by atoms with Crippen molar-refractivity contribution >= 4 is 60.5 Å². The van der Waals surface area contributed by atoms with Gasteiger partial charge in [-0.3, -0.25) is 0 Å². The Hall–Kier alpha value is -9.18. The average Bonchev–Trinajstić information content (AvgIpc) is 4.12. The molecule has 13 aromatic rings. The topological polar surface area (TPSA) is 13.1 Å². The summed E-state index contributed by atoms with van der Waals surface area (Å²) in [5.41, 5.74) is 18.7. The van der Waals surface area contributed by atoms with E-state index in [2.05, 4.69) is 287 Å². The maximum Gasteiger partial charge on any atom is 0.0714 e. The summed E-state index contributed by atoms with van der Waals surface area (Å²) in [7, 11) is 0. The van der Waals surface area contributed by atoms with E-state index >= 15 is 0 Å². The van der Waals surface area contributed by atoms with Crippen LogP contribution in [0.5, 0.6) is 0 Å². The number of nitrogens with zero attached hydrogens (tertiary/aromatic N) is 3. The smallest absolute Gasteiger partial charge is 0.0714 e. The molecule has 70 heavy (non-hydrogen) atoms. The Kier molecular flexibility index (Phi) is 9.11. The minimum absolute atomic E-state index is 0.509. The lowest BCUT2D eigenvalue weighted by Crippen LogP contribution is -2.28. The predicted molar refractivity (Wildman–Crippen MR) is 293 cm³/mol. The molecule has 0 N–H and O–H groups in total. The highest BCUT2D eigenvalue weighted by molar-refractivity contribution is 6.20. The van der Waals surface area contributed by atoms with Crippen LogP contribution >= 0.6 is 0 Å². The molecule has 0 spiro atoms. The molecule has 3 nitrogen and oxygen atoms in total. The number of benzene rings is 11. The Labute approximate surface area is 407 Å². The van der Waals surface area contributed by atoms with Crippen LogP contribution < -0.4 is 4.90 Å². The first-order valence-corrected chi connectivity index (χ1v) is 24.2. The Bertz CT molecular complexity index is 4050. The molecule has 0 fully saturated rings. The third-order valence-electron chi connectivity index (χ3n) is 14.8. The van der Waals surface area contributed by atoms with Crippen LogP contribution in [0.25, 0.3) is 77.1 Å². The van der Waals surface area contributed by atoms with Crippen molar-refractivity contribution in [2.75, 3.05) is 4.90 Å². The first-order valence-electron chi connectivity index (χ1n) is 24.2. The van der Waals surface area contributed by atoms with Gasteiger partial charge in [0.2, 0.25) is 0 Å². The Morgan fingerprint density at radius 3 is 1.71 bits per heavy atom. The molecule has 328 valence electrons. The van der Waals surface area contributed by atoms with Crippen LogP contribution in [0.3, 0.4) is 0 Å². The van der Waals surface area contributed by atoms with Crippen LogP contribution in [0, 0.1) is 0 Å². The lowest BCUT2D eigenvalue weighted by Gasteiger charge is -2.35. The first kappa shape index (κ1) is 39.9. The molecule has 2 heterocycles. The zero-order valence-electron chi connectivity index (χ0n) is 38.3. The highest BCUT2D eigenvalue weighted by Gasteiger charge is 2.46. The second kappa shape index (κ2) is 16.0. The van der Waals surface area contributed by atoms with Crippen LogP contribution in [-0.2, 0) is 5.41 Å². The van der Waals surface area contributed by atoms with E-state index < -0.39 is 5.41 Å². The van der Waals surface area contributed by atoms with Crippen LogP contribution in [0.4, 0.5) is 17.1 Å². The molecule has 0 atom stereocenters. The molecule has 2 aromatic heterocycles. The fraction of sp³-hybridized carbons (Fsp3) is 0.0149. The molecule has 11 aromatic carbocycles. The summed E-state index contributed by atoms with van der Waals surface area (Å²) in [5.74, 6) is 0. The third-order valence-corrected chi connectivity index (χ3v) is 14.8. The van der Waals surface area contributed by atoms with Gasteiger partial charge in [0.25, 0.3) is 0 Å². The minimum Gasteiger partial charge on any atom is -0.316 e. The van der Waals surface area contributed by atoms with Crippen LogP contribution in [-0.4, -0.2) is 9.13 Å². The van der Waals surface area contributed by atoms with Crippen molar-refractivity contribution in [3.63, 3.8) is 0 Å². The van der Waals surface area contributed by atoms with E-state index in [0.717, 1.165) is 34.0 Å². The highest BCUT2D eigenvalue weighted by atomic mass is 15.1. The molecule has 0 saturated carbocycles.